The van der Waals surface area contributed by atoms with Crippen LogP contribution in [0.3, 0.4) is 0 Å². The molecule has 0 rings (SSSR count). The van der Waals surface area contributed by atoms with Crippen molar-refractivity contribution in [2.24, 2.45) is 5.73 Å². The lowest BCUT2D eigenvalue weighted by molar-refractivity contribution is -0.152. The molecule has 10 heavy (non-hydrogen) atoms. The molecule has 0 saturated heterocycles. The van der Waals surface area contributed by atoms with Crippen LogP contribution in [0.2, 0.25) is 0 Å². The predicted molar refractivity (Wildman–Crippen MR) is 38.6 cm³/mol. The van der Waals surface area contributed by atoms with Gasteiger partial charge >= 0.3 is 12.4 Å². The van der Waals surface area contributed by atoms with E-state index >= 15 is 0 Å². The highest BCUT2D eigenvalue weighted by Gasteiger charge is 2.12. The van der Waals surface area contributed by atoms with Gasteiger partial charge in [0.2, 0.25) is 0 Å². The first kappa shape index (κ1) is 9.45. The summed E-state index contributed by atoms with van der Waals surface area (Å²) < 4.78 is 3.98. The fourth-order valence-electron chi connectivity index (χ4n) is 0.392. The molecule has 4 nitrogen and oxygen atoms in total. The summed E-state index contributed by atoms with van der Waals surface area (Å²) in [6.07, 6.45) is 0.412. The van der Waals surface area contributed by atoms with Crippen LogP contribution in [0.25, 0.3) is 0 Å². The zero-order chi connectivity index (χ0) is 7.98. The zero-order valence-corrected chi connectivity index (χ0v) is 6.21. The Morgan fingerprint density at radius 2 is 2.40 bits per heavy atom. The van der Waals surface area contributed by atoms with Gasteiger partial charge in [-0.25, -0.2) is 4.79 Å². The molecule has 1 atom stereocenters. The molecule has 0 aliphatic carbocycles. The van der Waals surface area contributed by atoms with Gasteiger partial charge in [0.1, 0.15) is 6.04 Å². The van der Waals surface area contributed by atoms with Crippen LogP contribution in [0.1, 0.15) is 6.42 Å². The number of rotatable bonds is 4. The number of hydrogen-bond donors (Lipinski definition) is 2. The minimum Gasteiger partial charge on any atom is -0.394 e. The first-order chi connectivity index (χ1) is 4.72. The lowest BCUT2D eigenvalue weighted by Crippen LogP contribution is -2.32. The molecule has 0 saturated carbocycles. The van der Waals surface area contributed by atoms with Crippen molar-refractivity contribution in [1.82, 2.24) is 0 Å². The van der Waals surface area contributed by atoms with E-state index in [0.717, 1.165) is 0 Å². The van der Waals surface area contributed by atoms with Gasteiger partial charge in [-0.2, -0.15) is 12.6 Å². The molecular weight excluding hydrogens is 154 g/mol. The fraction of sp³-hybridized carbons (Fsp3) is 0.600. The van der Waals surface area contributed by atoms with E-state index in [1.807, 2.05) is 0 Å². The van der Waals surface area contributed by atoms with E-state index in [4.69, 9.17) is 5.73 Å². The first-order valence-electron chi connectivity index (χ1n) is 2.73. The second-order valence-electron chi connectivity index (χ2n) is 1.65. The molecule has 0 fully saturated rings. The van der Waals surface area contributed by atoms with Crippen molar-refractivity contribution in [1.29, 1.82) is 0 Å². The van der Waals surface area contributed by atoms with Crippen molar-refractivity contribution >= 4 is 25.1 Å². The Bertz CT molecular complexity index is 128. The van der Waals surface area contributed by atoms with Crippen LogP contribution in [-0.4, -0.2) is 24.2 Å². The molecular formula is C5H9NO3S. The molecule has 0 aromatic heterocycles. The van der Waals surface area contributed by atoms with Gasteiger partial charge in [0.25, 0.3) is 0 Å². The van der Waals surface area contributed by atoms with Crippen LogP contribution >= 0.6 is 12.6 Å². The average Bonchev–Trinajstić information content (AvgIpc) is 1.89. The summed E-state index contributed by atoms with van der Waals surface area (Å²) in [6, 6.07) is -0.734. The maximum absolute atomic E-state index is 10.5. The Morgan fingerprint density at radius 3 is 2.80 bits per heavy atom. The van der Waals surface area contributed by atoms with Crippen LogP contribution < -0.4 is 5.73 Å². The minimum atomic E-state index is -0.734. The lowest BCUT2D eigenvalue weighted by Gasteiger charge is -2.04. The Labute approximate surface area is 64.1 Å². The van der Waals surface area contributed by atoms with E-state index in [1.165, 1.54) is 0 Å². The maximum atomic E-state index is 10.5. The minimum absolute atomic E-state index is 0.0701. The third kappa shape index (κ3) is 3.47. The number of esters is 1. The molecule has 2 N–H and O–H groups in total. The summed E-state index contributed by atoms with van der Waals surface area (Å²) in [4.78, 5) is 20.1. The third-order valence-electron chi connectivity index (χ3n) is 0.907. The van der Waals surface area contributed by atoms with Crippen molar-refractivity contribution < 1.29 is 14.3 Å². The quantitative estimate of drug-likeness (QED) is 0.250. The predicted octanol–water partition coefficient (Wildman–Crippen LogP) is -0.667. The van der Waals surface area contributed by atoms with Gasteiger partial charge in [-0.3, -0.25) is 4.79 Å². The molecule has 0 aliphatic heterocycles. The summed E-state index contributed by atoms with van der Waals surface area (Å²) in [6.45, 7) is 0.0701. The molecule has 0 heterocycles. The summed E-state index contributed by atoms with van der Waals surface area (Å²) >= 11 is 3.85. The van der Waals surface area contributed by atoms with E-state index in [-0.39, 0.29) is 6.47 Å². The molecule has 0 bridgehead atoms. The van der Waals surface area contributed by atoms with Gasteiger partial charge in [0.05, 0.1) is 0 Å². The normalized spacial score (nSPS) is 12.2. The van der Waals surface area contributed by atoms with Crippen LogP contribution in [0.5, 0.6) is 0 Å². The molecule has 0 aromatic rings. The fourth-order valence-corrected chi connectivity index (χ4v) is 0.670. The van der Waals surface area contributed by atoms with Crippen LogP contribution in [-0.2, 0) is 14.3 Å². The number of nitrogens with two attached hydrogens (primary N) is 1. The molecule has 0 unspecified atom stereocenters. The molecule has 58 valence electrons. The van der Waals surface area contributed by atoms with Gasteiger partial charge in [-0.1, -0.05) is 0 Å². The summed E-state index contributed by atoms with van der Waals surface area (Å²) in [5.74, 6) is -0.209. The van der Waals surface area contributed by atoms with Crippen molar-refractivity contribution in [2.45, 2.75) is 12.5 Å². The Hall–Kier alpha value is -0.550. The number of carbonyl (C=O) groups is 2. The number of ether oxygens (including phenoxy) is 1. The highest BCUT2D eigenvalue weighted by atomic mass is 32.1. The third-order valence-corrected chi connectivity index (χ3v) is 1.17. The van der Waals surface area contributed by atoms with E-state index in [2.05, 4.69) is 17.4 Å². The van der Waals surface area contributed by atoms with Crippen molar-refractivity contribution in [2.75, 3.05) is 5.75 Å². The van der Waals surface area contributed by atoms with Crippen LogP contribution in [0.4, 0.5) is 0 Å². The second-order valence-corrected chi connectivity index (χ2v) is 2.10. The SMILES string of the molecule is N[C@H](CCS)C(=O)OC=O. The average molecular weight is 163 g/mol. The van der Waals surface area contributed by atoms with Gasteiger partial charge in [0.15, 0.2) is 0 Å². The summed E-state index contributed by atoms with van der Waals surface area (Å²) in [7, 11) is 0. The summed E-state index contributed by atoms with van der Waals surface area (Å²) in [5.41, 5.74) is 5.23. The molecule has 0 radical (unpaired) electrons. The van der Waals surface area contributed by atoms with Crippen molar-refractivity contribution in [3.8, 4) is 0 Å². The monoisotopic (exact) mass is 163 g/mol. The van der Waals surface area contributed by atoms with Gasteiger partial charge < -0.3 is 10.5 Å². The van der Waals surface area contributed by atoms with E-state index in [9.17, 15) is 9.59 Å². The number of thiol groups is 1. The molecule has 0 amide bonds. The Morgan fingerprint density at radius 1 is 1.80 bits per heavy atom. The molecule has 0 aliphatic rings. The Balaban J connectivity index is 3.58. The standard InChI is InChI=1S/C5H9NO3S/c6-4(1-2-10)5(8)9-3-7/h3-4,10H,1-2,6H2/t4-/m1/s1. The maximum Gasteiger partial charge on any atom is 0.330 e. The lowest BCUT2D eigenvalue weighted by atomic mass is 10.2. The van der Waals surface area contributed by atoms with Crippen molar-refractivity contribution in [3.05, 3.63) is 0 Å². The first-order valence-corrected chi connectivity index (χ1v) is 3.36. The van der Waals surface area contributed by atoms with E-state index in [1.54, 1.807) is 0 Å². The topological polar surface area (TPSA) is 69.4 Å². The summed E-state index contributed by atoms with van der Waals surface area (Å²) in [5, 5.41) is 0. The second kappa shape index (κ2) is 5.25. The largest absolute Gasteiger partial charge is 0.394 e. The molecule has 5 heteroatoms. The number of carbonyl (C=O) groups excluding carboxylic acids is 2. The van der Waals surface area contributed by atoms with Crippen molar-refractivity contribution in [3.63, 3.8) is 0 Å². The van der Waals surface area contributed by atoms with E-state index < -0.39 is 12.0 Å². The van der Waals surface area contributed by atoms with Gasteiger partial charge in [0, 0.05) is 0 Å². The van der Waals surface area contributed by atoms with Gasteiger partial charge in [-0.05, 0) is 12.2 Å². The highest BCUT2D eigenvalue weighted by molar-refractivity contribution is 7.80. The Kier molecular flexibility index (Phi) is 4.96. The number of hydrogen-bond acceptors (Lipinski definition) is 5. The van der Waals surface area contributed by atoms with E-state index in [0.29, 0.717) is 12.2 Å². The van der Waals surface area contributed by atoms with Gasteiger partial charge in [-0.15, -0.1) is 0 Å². The van der Waals surface area contributed by atoms with Crippen LogP contribution in [0.15, 0.2) is 0 Å². The zero-order valence-electron chi connectivity index (χ0n) is 5.32. The van der Waals surface area contributed by atoms with Crippen LogP contribution in [0, 0.1) is 0 Å². The smallest absolute Gasteiger partial charge is 0.330 e. The highest BCUT2D eigenvalue weighted by Crippen LogP contribution is 1.92. The molecule has 0 spiro atoms. The molecule has 0 aromatic carbocycles.